The molecule has 19 heavy (non-hydrogen) atoms. The molecule has 0 aliphatic carbocycles. The minimum Gasteiger partial charge on any atom is -0.477 e. The van der Waals surface area contributed by atoms with Crippen molar-refractivity contribution in [3.05, 3.63) is 53.2 Å². The first-order chi connectivity index (χ1) is 9.15. The van der Waals surface area contributed by atoms with Gasteiger partial charge in [-0.05, 0) is 24.5 Å². The van der Waals surface area contributed by atoms with Crippen LogP contribution in [0.25, 0.3) is 6.08 Å². The van der Waals surface area contributed by atoms with Crippen LogP contribution in [-0.4, -0.2) is 17.7 Å². The lowest BCUT2D eigenvalue weighted by Gasteiger charge is -2.08. The van der Waals surface area contributed by atoms with Crippen molar-refractivity contribution in [2.75, 3.05) is 6.61 Å². The molecule has 0 amide bonds. The van der Waals surface area contributed by atoms with E-state index in [4.69, 9.17) is 9.94 Å². The van der Waals surface area contributed by atoms with Gasteiger partial charge in [-0.3, -0.25) is 10.3 Å². The Balaban J connectivity index is 2.42. The maximum absolute atomic E-state index is 11.0. The van der Waals surface area contributed by atoms with E-state index in [-0.39, 0.29) is 5.70 Å². The summed E-state index contributed by atoms with van der Waals surface area (Å²) in [6.07, 6.45) is 4.40. The molecular formula is C15H19NO3. The average Bonchev–Trinajstić information content (AvgIpc) is 2.42. The van der Waals surface area contributed by atoms with E-state index in [0.717, 1.165) is 11.1 Å². The topological polar surface area (TPSA) is 58.6 Å². The summed E-state index contributed by atoms with van der Waals surface area (Å²) >= 11 is 0. The Bertz CT molecular complexity index is 464. The molecule has 1 rings (SSSR count). The number of hydrogen-bond acceptors (Lipinski definition) is 3. The summed E-state index contributed by atoms with van der Waals surface area (Å²) in [5.41, 5.74) is 4.42. The van der Waals surface area contributed by atoms with Crippen LogP contribution in [0, 0.1) is 0 Å². The van der Waals surface area contributed by atoms with Crippen molar-refractivity contribution in [2.45, 2.75) is 20.3 Å². The third-order valence-corrected chi connectivity index (χ3v) is 2.63. The summed E-state index contributed by atoms with van der Waals surface area (Å²) in [6, 6.07) is 9.82. The van der Waals surface area contributed by atoms with Gasteiger partial charge in [0.15, 0.2) is 0 Å². The molecule has 0 fully saturated rings. The van der Waals surface area contributed by atoms with Crippen molar-refractivity contribution in [3.63, 3.8) is 0 Å². The predicted molar refractivity (Wildman–Crippen MR) is 75.2 cm³/mol. The van der Waals surface area contributed by atoms with Crippen molar-refractivity contribution in [2.24, 2.45) is 0 Å². The Morgan fingerprint density at radius 3 is 2.63 bits per heavy atom. The van der Waals surface area contributed by atoms with E-state index >= 15 is 0 Å². The SMILES string of the molecule is CCC(C)=C(NOCC=Cc1ccccc1)C(=O)O. The van der Waals surface area contributed by atoms with Crippen LogP contribution in [0.15, 0.2) is 47.7 Å². The Labute approximate surface area is 113 Å². The standard InChI is InChI=1S/C15H19NO3/c1-3-12(2)14(15(17)18)16-19-11-7-10-13-8-5-4-6-9-13/h4-10,16H,3,11H2,1-2H3,(H,17,18). The van der Waals surface area contributed by atoms with E-state index in [0.29, 0.717) is 13.0 Å². The van der Waals surface area contributed by atoms with Gasteiger partial charge in [-0.15, -0.1) is 0 Å². The number of carboxylic acids is 1. The third kappa shape index (κ3) is 5.40. The smallest absolute Gasteiger partial charge is 0.354 e. The van der Waals surface area contributed by atoms with Crippen LogP contribution < -0.4 is 5.48 Å². The number of carbonyl (C=O) groups is 1. The second-order valence-corrected chi connectivity index (χ2v) is 4.04. The maximum Gasteiger partial charge on any atom is 0.354 e. The van der Waals surface area contributed by atoms with Crippen LogP contribution in [0.4, 0.5) is 0 Å². The fourth-order valence-corrected chi connectivity index (χ4v) is 1.40. The quantitative estimate of drug-likeness (QED) is 0.450. The molecule has 0 saturated heterocycles. The summed E-state index contributed by atoms with van der Waals surface area (Å²) in [5.74, 6) is -1.01. The van der Waals surface area contributed by atoms with Crippen LogP contribution >= 0.6 is 0 Å². The van der Waals surface area contributed by atoms with E-state index in [9.17, 15) is 4.79 Å². The monoisotopic (exact) mass is 261 g/mol. The largest absolute Gasteiger partial charge is 0.477 e. The van der Waals surface area contributed by atoms with E-state index in [2.05, 4.69) is 5.48 Å². The number of hydrogen-bond donors (Lipinski definition) is 2. The number of hydroxylamine groups is 1. The first-order valence-corrected chi connectivity index (χ1v) is 6.17. The van der Waals surface area contributed by atoms with Crippen molar-refractivity contribution < 1.29 is 14.7 Å². The second kappa shape index (κ2) is 8.11. The lowest BCUT2D eigenvalue weighted by atomic mass is 10.2. The Hall–Kier alpha value is -2.07. The van der Waals surface area contributed by atoms with Gasteiger partial charge in [-0.2, -0.15) is 0 Å². The molecule has 4 heteroatoms. The summed E-state index contributed by atoms with van der Waals surface area (Å²) in [5, 5.41) is 8.99. The molecule has 0 saturated carbocycles. The van der Waals surface area contributed by atoms with Gasteiger partial charge in [-0.25, -0.2) is 4.79 Å². The molecule has 4 nitrogen and oxygen atoms in total. The number of carboxylic acid groups (broad SMARTS) is 1. The van der Waals surface area contributed by atoms with E-state index < -0.39 is 5.97 Å². The fraction of sp³-hybridized carbons (Fsp3) is 0.267. The van der Waals surface area contributed by atoms with Crippen molar-refractivity contribution in [1.29, 1.82) is 0 Å². The van der Waals surface area contributed by atoms with Gasteiger partial charge in [0.05, 0.1) is 6.61 Å². The first-order valence-electron chi connectivity index (χ1n) is 6.17. The fourth-order valence-electron chi connectivity index (χ4n) is 1.40. The Morgan fingerprint density at radius 1 is 1.37 bits per heavy atom. The summed E-state index contributed by atoms with van der Waals surface area (Å²) in [4.78, 5) is 16.1. The first kappa shape index (κ1) is 15.0. The zero-order chi connectivity index (χ0) is 14.1. The van der Waals surface area contributed by atoms with Gasteiger partial charge in [0, 0.05) is 0 Å². The summed E-state index contributed by atoms with van der Waals surface area (Å²) in [6.45, 7) is 3.96. The van der Waals surface area contributed by atoms with Gasteiger partial charge in [0.1, 0.15) is 5.70 Å². The van der Waals surface area contributed by atoms with Crippen molar-refractivity contribution in [1.82, 2.24) is 5.48 Å². The van der Waals surface area contributed by atoms with Crippen molar-refractivity contribution in [3.8, 4) is 0 Å². The molecular weight excluding hydrogens is 242 g/mol. The number of aliphatic carboxylic acids is 1. The normalized spacial score (nSPS) is 12.3. The summed E-state index contributed by atoms with van der Waals surface area (Å²) < 4.78 is 0. The minimum absolute atomic E-state index is 0.107. The molecule has 0 aliphatic rings. The molecule has 2 N–H and O–H groups in total. The molecule has 0 heterocycles. The van der Waals surface area contributed by atoms with Crippen LogP contribution in [-0.2, 0) is 9.63 Å². The van der Waals surface area contributed by atoms with Crippen LogP contribution in [0.5, 0.6) is 0 Å². The van der Waals surface area contributed by atoms with Crippen LogP contribution in [0.2, 0.25) is 0 Å². The molecule has 0 aliphatic heterocycles. The second-order valence-electron chi connectivity index (χ2n) is 4.04. The lowest BCUT2D eigenvalue weighted by molar-refractivity contribution is -0.134. The zero-order valence-corrected chi connectivity index (χ0v) is 11.2. The predicted octanol–water partition coefficient (Wildman–Crippen LogP) is 2.99. The van der Waals surface area contributed by atoms with Crippen molar-refractivity contribution >= 4 is 12.0 Å². The van der Waals surface area contributed by atoms with Gasteiger partial charge >= 0.3 is 5.97 Å². The molecule has 0 radical (unpaired) electrons. The highest BCUT2D eigenvalue weighted by Crippen LogP contribution is 2.05. The van der Waals surface area contributed by atoms with E-state index in [1.807, 2.05) is 49.4 Å². The highest BCUT2D eigenvalue weighted by atomic mass is 16.6. The van der Waals surface area contributed by atoms with Gasteiger partial charge < -0.3 is 5.11 Å². The molecule has 0 atom stereocenters. The Kier molecular flexibility index (Phi) is 6.39. The highest BCUT2D eigenvalue weighted by molar-refractivity contribution is 5.86. The molecule has 1 aromatic carbocycles. The van der Waals surface area contributed by atoms with Gasteiger partial charge in [0.25, 0.3) is 0 Å². The maximum atomic E-state index is 11.0. The molecule has 102 valence electrons. The van der Waals surface area contributed by atoms with Gasteiger partial charge in [-0.1, -0.05) is 49.4 Å². The minimum atomic E-state index is -1.01. The number of allylic oxidation sites excluding steroid dienone is 1. The number of benzene rings is 1. The van der Waals surface area contributed by atoms with E-state index in [1.54, 1.807) is 6.92 Å². The molecule has 1 aromatic rings. The average molecular weight is 261 g/mol. The summed E-state index contributed by atoms with van der Waals surface area (Å²) in [7, 11) is 0. The Morgan fingerprint density at radius 2 is 2.05 bits per heavy atom. The number of nitrogens with one attached hydrogen (secondary N) is 1. The number of rotatable bonds is 7. The van der Waals surface area contributed by atoms with Crippen LogP contribution in [0.3, 0.4) is 0 Å². The molecule has 0 spiro atoms. The highest BCUT2D eigenvalue weighted by Gasteiger charge is 2.09. The lowest BCUT2D eigenvalue weighted by Crippen LogP contribution is -2.22. The van der Waals surface area contributed by atoms with Gasteiger partial charge in [0.2, 0.25) is 0 Å². The van der Waals surface area contributed by atoms with Crippen LogP contribution in [0.1, 0.15) is 25.8 Å². The molecule has 0 aromatic heterocycles. The molecule has 0 unspecified atom stereocenters. The third-order valence-electron chi connectivity index (χ3n) is 2.63. The van der Waals surface area contributed by atoms with E-state index in [1.165, 1.54) is 0 Å². The molecule has 0 bridgehead atoms. The zero-order valence-electron chi connectivity index (χ0n) is 11.2.